The quantitative estimate of drug-likeness (QED) is 0.583. The molecule has 11 heavy (non-hydrogen) atoms. The summed E-state index contributed by atoms with van der Waals surface area (Å²) in [5.41, 5.74) is 0. The molecule has 0 saturated carbocycles. The summed E-state index contributed by atoms with van der Waals surface area (Å²) in [6.07, 6.45) is 4.48. The predicted octanol–water partition coefficient (Wildman–Crippen LogP) is 0.336. The summed E-state index contributed by atoms with van der Waals surface area (Å²) in [5.74, 6) is 2.33. The van der Waals surface area contributed by atoms with E-state index >= 15 is 0 Å². The molecule has 0 amide bonds. The molecule has 1 fully saturated rings. The fourth-order valence-electron chi connectivity index (χ4n) is 1.14. The van der Waals surface area contributed by atoms with E-state index in [1.807, 2.05) is 0 Å². The molecule has 0 aromatic heterocycles. The molecular weight excluding hydrogens is 145 g/mol. The van der Waals surface area contributed by atoms with Gasteiger partial charge in [-0.2, -0.15) is 0 Å². The van der Waals surface area contributed by atoms with Gasteiger partial charge < -0.3 is 10.1 Å². The van der Waals surface area contributed by atoms with Crippen LogP contribution in [0.3, 0.4) is 0 Å². The van der Waals surface area contributed by atoms with Crippen LogP contribution in [-0.4, -0.2) is 32.0 Å². The largest absolute Gasteiger partial charge is 0.362 e. The van der Waals surface area contributed by atoms with Crippen molar-refractivity contribution in [1.29, 1.82) is 0 Å². The number of terminal acetylenes is 1. The number of ether oxygens (including phenoxy) is 1. The Bertz CT molecular complexity index is 155. The van der Waals surface area contributed by atoms with Gasteiger partial charge in [0.1, 0.15) is 12.8 Å². The number of hydrogen-bond acceptors (Lipinski definition) is 2. The minimum Gasteiger partial charge on any atom is -0.362 e. The standard InChI is InChI=1S/C8H12FNO/c1-2-5-11-8-3-4-10-6-7(8)9/h1,7-8,10H,3-6H2/t7-,8+/m0/s1. The van der Waals surface area contributed by atoms with E-state index in [1.54, 1.807) is 0 Å². The summed E-state index contributed by atoms with van der Waals surface area (Å²) >= 11 is 0. The number of alkyl halides is 1. The lowest BCUT2D eigenvalue weighted by Gasteiger charge is -2.25. The number of nitrogens with one attached hydrogen (secondary N) is 1. The molecule has 62 valence electrons. The van der Waals surface area contributed by atoms with E-state index in [9.17, 15) is 4.39 Å². The smallest absolute Gasteiger partial charge is 0.139 e. The fourth-order valence-corrected chi connectivity index (χ4v) is 1.14. The van der Waals surface area contributed by atoms with E-state index in [0.717, 1.165) is 6.54 Å². The van der Waals surface area contributed by atoms with Gasteiger partial charge in [0, 0.05) is 6.54 Å². The SMILES string of the molecule is C#CCO[C@@H]1CCNC[C@@H]1F. The average molecular weight is 157 g/mol. The highest BCUT2D eigenvalue weighted by Crippen LogP contribution is 2.10. The van der Waals surface area contributed by atoms with Crippen molar-refractivity contribution in [3.63, 3.8) is 0 Å². The first-order valence-corrected chi connectivity index (χ1v) is 3.74. The second-order valence-corrected chi connectivity index (χ2v) is 2.56. The highest BCUT2D eigenvalue weighted by molar-refractivity contribution is 4.86. The van der Waals surface area contributed by atoms with Gasteiger partial charge in [0.25, 0.3) is 0 Å². The highest BCUT2D eigenvalue weighted by atomic mass is 19.1. The zero-order valence-corrected chi connectivity index (χ0v) is 6.35. The molecule has 0 radical (unpaired) electrons. The maximum atomic E-state index is 12.9. The molecule has 0 spiro atoms. The normalized spacial score (nSPS) is 31.3. The van der Waals surface area contributed by atoms with Crippen LogP contribution in [0.25, 0.3) is 0 Å². The first kappa shape index (κ1) is 8.51. The fraction of sp³-hybridized carbons (Fsp3) is 0.750. The summed E-state index contributed by atoms with van der Waals surface area (Å²) in [4.78, 5) is 0. The van der Waals surface area contributed by atoms with Crippen LogP contribution < -0.4 is 5.32 Å². The van der Waals surface area contributed by atoms with Crippen LogP contribution in [0, 0.1) is 12.3 Å². The third-order valence-corrected chi connectivity index (χ3v) is 1.73. The maximum absolute atomic E-state index is 12.9. The molecule has 2 nitrogen and oxygen atoms in total. The number of halogens is 1. The Morgan fingerprint density at radius 1 is 1.73 bits per heavy atom. The molecule has 1 aliphatic heterocycles. The van der Waals surface area contributed by atoms with Crippen LogP contribution >= 0.6 is 0 Å². The van der Waals surface area contributed by atoms with Crippen molar-refractivity contribution >= 4 is 0 Å². The zero-order chi connectivity index (χ0) is 8.10. The third-order valence-electron chi connectivity index (χ3n) is 1.73. The van der Waals surface area contributed by atoms with E-state index in [4.69, 9.17) is 11.2 Å². The molecule has 1 N–H and O–H groups in total. The number of hydrogen-bond donors (Lipinski definition) is 1. The minimum atomic E-state index is -0.905. The third kappa shape index (κ3) is 2.49. The Kier molecular flexibility index (Phi) is 3.34. The molecule has 1 saturated heterocycles. The lowest BCUT2D eigenvalue weighted by atomic mass is 10.1. The van der Waals surface area contributed by atoms with Gasteiger partial charge in [-0.3, -0.25) is 0 Å². The maximum Gasteiger partial charge on any atom is 0.139 e. The highest BCUT2D eigenvalue weighted by Gasteiger charge is 2.24. The van der Waals surface area contributed by atoms with Crippen molar-refractivity contribution < 1.29 is 9.13 Å². The van der Waals surface area contributed by atoms with Gasteiger partial charge >= 0.3 is 0 Å². The number of piperidine rings is 1. The molecule has 0 aliphatic carbocycles. The average Bonchev–Trinajstić information content (AvgIpc) is 2.03. The van der Waals surface area contributed by atoms with Crippen molar-refractivity contribution in [3.8, 4) is 12.3 Å². The topological polar surface area (TPSA) is 21.3 Å². The summed E-state index contributed by atoms with van der Waals surface area (Å²) in [7, 11) is 0. The zero-order valence-electron chi connectivity index (χ0n) is 6.35. The Balaban J connectivity index is 2.25. The Morgan fingerprint density at radius 2 is 2.55 bits per heavy atom. The van der Waals surface area contributed by atoms with Crippen LogP contribution in [0.4, 0.5) is 4.39 Å². The molecular formula is C8H12FNO. The van der Waals surface area contributed by atoms with Crippen LogP contribution in [0.15, 0.2) is 0 Å². The summed E-state index contributed by atoms with van der Waals surface area (Å²) in [5, 5.41) is 2.93. The van der Waals surface area contributed by atoms with Gasteiger partial charge in [-0.25, -0.2) is 4.39 Å². The van der Waals surface area contributed by atoms with E-state index in [1.165, 1.54) is 0 Å². The molecule has 2 atom stereocenters. The van der Waals surface area contributed by atoms with E-state index in [2.05, 4.69) is 11.2 Å². The van der Waals surface area contributed by atoms with E-state index in [0.29, 0.717) is 13.0 Å². The molecule has 3 heteroatoms. The van der Waals surface area contributed by atoms with Crippen molar-refractivity contribution in [1.82, 2.24) is 5.32 Å². The van der Waals surface area contributed by atoms with Crippen molar-refractivity contribution in [3.05, 3.63) is 0 Å². The van der Waals surface area contributed by atoms with Gasteiger partial charge in [0.05, 0.1) is 6.10 Å². The molecule has 0 unspecified atom stereocenters. The van der Waals surface area contributed by atoms with Gasteiger partial charge in [0.15, 0.2) is 0 Å². The first-order chi connectivity index (χ1) is 5.34. The van der Waals surface area contributed by atoms with Crippen LogP contribution in [0.2, 0.25) is 0 Å². The molecule has 0 aromatic rings. The Morgan fingerprint density at radius 3 is 3.18 bits per heavy atom. The molecule has 1 heterocycles. The van der Waals surface area contributed by atoms with Gasteiger partial charge in [-0.05, 0) is 13.0 Å². The summed E-state index contributed by atoms with van der Waals surface area (Å²) in [6, 6.07) is 0. The van der Waals surface area contributed by atoms with Crippen LogP contribution in [0.1, 0.15) is 6.42 Å². The molecule has 0 bridgehead atoms. The Labute approximate surface area is 66.1 Å². The van der Waals surface area contributed by atoms with Crippen LogP contribution in [0.5, 0.6) is 0 Å². The first-order valence-electron chi connectivity index (χ1n) is 3.74. The van der Waals surface area contributed by atoms with Gasteiger partial charge in [0.2, 0.25) is 0 Å². The lowest BCUT2D eigenvalue weighted by molar-refractivity contribution is -0.00235. The minimum absolute atomic E-state index is 0.213. The van der Waals surface area contributed by atoms with E-state index < -0.39 is 6.17 Å². The Hall–Kier alpha value is -0.590. The van der Waals surface area contributed by atoms with E-state index in [-0.39, 0.29) is 12.7 Å². The summed E-state index contributed by atoms with van der Waals surface area (Å²) in [6.45, 7) is 1.41. The van der Waals surface area contributed by atoms with Gasteiger partial charge in [-0.15, -0.1) is 6.42 Å². The summed E-state index contributed by atoms with van der Waals surface area (Å²) < 4.78 is 18.0. The van der Waals surface area contributed by atoms with Crippen molar-refractivity contribution in [2.75, 3.05) is 19.7 Å². The lowest BCUT2D eigenvalue weighted by Crippen LogP contribution is -2.42. The second-order valence-electron chi connectivity index (χ2n) is 2.56. The van der Waals surface area contributed by atoms with Crippen molar-refractivity contribution in [2.45, 2.75) is 18.7 Å². The van der Waals surface area contributed by atoms with Gasteiger partial charge in [-0.1, -0.05) is 5.92 Å². The molecule has 1 rings (SSSR count). The van der Waals surface area contributed by atoms with Crippen molar-refractivity contribution in [2.24, 2.45) is 0 Å². The predicted molar refractivity (Wildman–Crippen MR) is 41.0 cm³/mol. The van der Waals surface area contributed by atoms with Crippen LogP contribution in [-0.2, 0) is 4.74 Å². The molecule has 0 aromatic carbocycles. The number of rotatable bonds is 2. The second kappa shape index (κ2) is 4.32. The molecule has 1 aliphatic rings. The monoisotopic (exact) mass is 157 g/mol.